The minimum Gasteiger partial charge on any atom is -0.368 e. The molecule has 1 aliphatic rings. The molecule has 0 atom stereocenters. The number of carbonyl (C=O) groups is 1. The SMILES string of the molecule is Cc1cccc(N2CCN(c3ccc(C(=O)Nc4ccccc4C)nc3)CC2)c1. The van der Waals surface area contributed by atoms with Crippen molar-refractivity contribution in [2.24, 2.45) is 0 Å². The molecule has 29 heavy (non-hydrogen) atoms. The summed E-state index contributed by atoms with van der Waals surface area (Å²) in [5, 5.41) is 2.93. The fourth-order valence-corrected chi connectivity index (χ4v) is 3.65. The van der Waals surface area contributed by atoms with Gasteiger partial charge in [-0.05, 0) is 55.3 Å². The zero-order chi connectivity index (χ0) is 20.2. The molecule has 0 spiro atoms. The van der Waals surface area contributed by atoms with E-state index in [1.165, 1.54) is 11.3 Å². The monoisotopic (exact) mass is 386 g/mol. The lowest BCUT2D eigenvalue weighted by Crippen LogP contribution is -2.46. The fourth-order valence-electron chi connectivity index (χ4n) is 3.65. The fraction of sp³-hybridized carbons (Fsp3) is 0.250. The summed E-state index contributed by atoms with van der Waals surface area (Å²) in [6.07, 6.45) is 1.80. The first-order valence-corrected chi connectivity index (χ1v) is 10.00. The van der Waals surface area contributed by atoms with Crippen molar-refractivity contribution in [1.29, 1.82) is 0 Å². The van der Waals surface area contributed by atoms with Crippen LogP contribution in [0.3, 0.4) is 0 Å². The summed E-state index contributed by atoms with van der Waals surface area (Å²) >= 11 is 0. The number of amides is 1. The predicted octanol–water partition coefficient (Wildman–Crippen LogP) is 4.28. The molecule has 0 saturated carbocycles. The van der Waals surface area contributed by atoms with Gasteiger partial charge in [0.05, 0.1) is 11.9 Å². The summed E-state index contributed by atoms with van der Waals surface area (Å²) in [6.45, 7) is 7.91. The van der Waals surface area contributed by atoms with E-state index in [0.29, 0.717) is 5.69 Å². The Morgan fingerprint density at radius 1 is 0.862 bits per heavy atom. The number of rotatable bonds is 4. The summed E-state index contributed by atoms with van der Waals surface area (Å²) in [6, 6.07) is 20.2. The molecule has 0 aliphatic carbocycles. The molecule has 1 amide bonds. The number of carbonyl (C=O) groups excluding carboxylic acids is 1. The summed E-state index contributed by atoms with van der Waals surface area (Å²) < 4.78 is 0. The van der Waals surface area contributed by atoms with Gasteiger partial charge < -0.3 is 15.1 Å². The van der Waals surface area contributed by atoms with Crippen LogP contribution in [0.4, 0.5) is 17.1 Å². The van der Waals surface area contributed by atoms with E-state index < -0.39 is 0 Å². The smallest absolute Gasteiger partial charge is 0.274 e. The molecule has 1 aliphatic heterocycles. The third kappa shape index (κ3) is 4.40. The second kappa shape index (κ2) is 8.35. The minimum atomic E-state index is -0.185. The summed E-state index contributed by atoms with van der Waals surface area (Å²) in [7, 11) is 0. The molecular formula is C24H26N4O. The van der Waals surface area contributed by atoms with Crippen molar-refractivity contribution in [3.8, 4) is 0 Å². The quantitative estimate of drug-likeness (QED) is 0.727. The van der Waals surface area contributed by atoms with Gasteiger partial charge in [0.1, 0.15) is 5.69 Å². The van der Waals surface area contributed by atoms with E-state index in [9.17, 15) is 4.79 Å². The van der Waals surface area contributed by atoms with Gasteiger partial charge in [0.2, 0.25) is 0 Å². The van der Waals surface area contributed by atoms with E-state index >= 15 is 0 Å². The van der Waals surface area contributed by atoms with Crippen LogP contribution >= 0.6 is 0 Å². The van der Waals surface area contributed by atoms with Crippen molar-refractivity contribution in [1.82, 2.24) is 4.98 Å². The maximum absolute atomic E-state index is 12.5. The van der Waals surface area contributed by atoms with Gasteiger partial charge in [0.15, 0.2) is 0 Å². The molecule has 4 rings (SSSR count). The van der Waals surface area contributed by atoms with Gasteiger partial charge in [-0.15, -0.1) is 0 Å². The number of benzene rings is 2. The predicted molar refractivity (Wildman–Crippen MR) is 119 cm³/mol. The molecule has 5 nitrogen and oxygen atoms in total. The molecule has 0 unspecified atom stereocenters. The number of pyridine rings is 1. The molecule has 1 fully saturated rings. The van der Waals surface area contributed by atoms with Crippen LogP contribution in [0.25, 0.3) is 0 Å². The highest BCUT2D eigenvalue weighted by Gasteiger charge is 2.18. The van der Waals surface area contributed by atoms with Crippen LogP contribution in [0.2, 0.25) is 0 Å². The molecule has 1 N–H and O–H groups in total. The number of para-hydroxylation sites is 1. The average molecular weight is 386 g/mol. The van der Waals surface area contributed by atoms with Crippen LogP contribution in [0, 0.1) is 13.8 Å². The Bertz CT molecular complexity index is 992. The Kier molecular flexibility index (Phi) is 5.47. The minimum absolute atomic E-state index is 0.185. The molecular weight excluding hydrogens is 360 g/mol. The van der Waals surface area contributed by atoms with Gasteiger partial charge in [0.25, 0.3) is 5.91 Å². The number of nitrogens with zero attached hydrogens (tertiary/aromatic N) is 3. The van der Waals surface area contributed by atoms with Gasteiger partial charge in [0, 0.05) is 37.6 Å². The largest absolute Gasteiger partial charge is 0.368 e. The lowest BCUT2D eigenvalue weighted by Gasteiger charge is -2.37. The van der Waals surface area contributed by atoms with Gasteiger partial charge in [-0.1, -0.05) is 30.3 Å². The normalized spacial score (nSPS) is 14.0. The van der Waals surface area contributed by atoms with Crippen LogP contribution in [0.5, 0.6) is 0 Å². The first-order chi connectivity index (χ1) is 14.1. The number of hydrogen-bond donors (Lipinski definition) is 1. The summed E-state index contributed by atoms with van der Waals surface area (Å²) in [4.78, 5) is 21.6. The third-order valence-electron chi connectivity index (χ3n) is 5.39. The van der Waals surface area contributed by atoms with Crippen molar-refractivity contribution in [3.05, 3.63) is 83.7 Å². The van der Waals surface area contributed by atoms with Crippen LogP contribution < -0.4 is 15.1 Å². The standard InChI is InChI=1S/C24H26N4O/c1-18-6-5-8-20(16-18)27-12-14-28(15-13-27)21-10-11-23(25-17-21)24(29)26-22-9-4-3-7-19(22)2/h3-11,16-17H,12-15H2,1-2H3,(H,26,29). The van der Waals surface area contributed by atoms with Crippen molar-refractivity contribution in [3.63, 3.8) is 0 Å². The van der Waals surface area contributed by atoms with Crippen LogP contribution in [0.1, 0.15) is 21.6 Å². The van der Waals surface area contributed by atoms with Crippen molar-refractivity contribution < 1.29 is 4.79 Å². The molecule has 1 aromatic heterocycles. The highest BCUT2D eigenvalue weighted by atomic mass is 16.1. The lowest BCUT2D eigenvalue weighted by molar-refractivity contribution is 0.102. The Morgan fingerprint density at radius 3 is 2.24 bits per heavy atom. The number of piperazine rings is 1. The maximum Gasteiger partial charge on any atom is 0.274 e. The number of anilines is 3. The van der Waals surface area contributed by atoms with Gasteiger partial charge in [-0.25, -0.2) is 4.98 Å². The van der Waals surface area contributed by atoms with E-state index in [-0.39, 0.29) is 5.91 Å². The van der Waals surface area contributed by atoms with Crippen LogP contribution in [-0.2, 0) is 0 Å². The molecule has 3 aromatic rings. The van der Waals surface area contributed by atoms with Crippen molar-refractivity contribution in [2.45, 2.75) is 13.8 Å². The summed E-state index contributed by atoms with van der Waals surface area (Å²) in [5.41, 5.74) is 5.90. The lowest BCUT2D eigenvalue weighted by atomic mass is 10.2. The zero-order valence-corrected chi connectivity index (χ0v) is 16.9. The third-order valence-corrected chi connectivity index (χ3v) is 5.39. The molecule has 0 radical (unpaired) electrons. The highest BCUT2D eigenvalue weighted by Crippen LogP contribution is 2.21. The van der Waals surface area contributed by atoms with Gasteiger partial charge in [-0.2, -0.15) is 0 Å². The second-order valence-electron chi connectivity index (χ2n) is 7.48. The Hall–Kier alpha value is -3.34. The van der Waals surface area contributed by atoms with Crippen molar-refractivity contribution >= 4 is 23.0 Å². The summed E-state index contributed by atoms with van der Waals surface area (Å²) in [5.74, 6) is -0.185. The molecule has 0 bridgehead atoms. The van der Waals surface area contributed by atoms with Crippen LogP contribution in [-0.4, -0.2) is 37.1 Å². The number of aryl methyl sites for hydroxylation is 2. The van der Waals surface area contributed by atoms with E-state index in [1.54, 1.807) is 12.3 Å². The maximum atomic E-state index is 12.5. The molecule has 2 heterocycles. The van der Waals surface area contributed by atoms with E-state index in [2.05, 4.69) is 51.3 Å². The van der Waals surface area contributed by atoms with Crippen molar-refractivity contribution in [2.75, 3.05) is 41.3 Å². The molecule has 1 saturated heterocycles. The Balaban J connectivity index is 1.37. The topological polar surface area (TPSA) is 48.5 Å². The van der Waals surface area contributed by atoms with Gasteiger partial charge in [-0.3, -0.25) is 4.79 Å². The number of aromatic nitrogens is 1. The van der Waals surface area contributed by atoms with E-state index in [4.69, 9.17) is 0 Å². The van der Waals surface area contributed by atoms with E-state index in [0.717, 1.165) is 43.1 Å². The number of hydrogen-bond acceptors (Lipinski definition) is 4. The molecule has 2 aromatic carbocycles. The molecule has 5 heteroatoms. The Morgan fingerprint density at radius 2 is 1.59 bits per heavy atom. The van der Waals surface area contributed by atoms with Crippen LogP contribution in [0.15, 0.2) is 66.9 Å². The first kappa shape index (κ1) is 19.0. The zero-order valence-electron chi connectivity index (χ0n) is 16.9. The van der Waals surface area contributed by atoms with Gasteiger partial charge >= 0.3 is 0 Å². The highest BCUT2D eigenvalue weighted by molar-refractivity contribution is 6.03. The average Bonchev–Trinajstić information content (AvgIpc) is 2.75. The second-order valence-corrected chi connectivity index (χ2v) is 7.48. The molecule has 148 valence electrons. The number of nitrogens with one attached hydrogen (secondary N) is 1. The Labute approximate surface area is 172 Å². The van der Waals surface area contributed by atoms with E-state index in [1.807, 2.05) is 37.3 Å². The first-order valence-electron chi connectivity index (χ1n) is 10.00.